The summed E-state index contributed by atoms with van der Waals surface area (Å²) in [5.74, 6) is -0.504. The molecule has 1 heterocycles. The van der Waals surface area contributed by atoms with Crippen molar-refractivity contribution in [3.8, 4) is 0 Å². The molecule has 5 nitrogen and oxygen atoms in total. The minimum atomic E-state index is -0.942. The summed E-state index contributed by atoms with van der Waals surface area (Å²) in [6, 6.07) is -1.32. The molecule has 1 amide bonds. The molecule has 0 aromatic carbocycles. The summed E-state index contributed by atoms with van der Waals surface area (Å²) >= 11 is 1.53. The lowest BCUT2D eigenvalue weighted by Crippen LogP contribution is -2.53. The van der Waals surface area contributed by atoms with Gasteiger partial charge in [0.1, 0.15) is 6.04 Å². The summed E-state index contributed by atoms with van der Waals surface area (Å²) < 4.78 is 0. The highest BCUT2D eigenvalue weighted by atomic mass is 32.2. The predicted molar refractivity (Wildman–Crippen MR) is 72.2 cm³/mol. The Kier molecular flexibility index (Phi) is 5.47. The van der Waals surface area contributed by atoms with Crippen LogP contribution in [0.4, 0.5) is 0 Å². The first-order valence-corrected chi connectivity index (χ1v) is 7.37. The number of hydrogen-bond acceptors (Lipinski definition) is 4. The summed E-state index contributed by atoms with van der Waals surface area (Å²) in [5.41, 5.74) is 5.84. The first kappa shape index (κ1) is 15.3. The van der Waals surface area contributed by atoms with E-state index in [1.165, 1.54) is 16.7 Å². The number of carbonyl (C=O) groups is 2. The van der Waals surface area contributed by atoms with E-state index in [4.69, 9.17) is 5.73 Å². The SMILES string of the molecule is CCC[C@H](N)C(=O)N1C(C(=O)O)CSC1C(C)C. The third kappa shape index (κ3) is 3.17. The second kappa shape index (κ2) is 6.43. The molecule has 3 atom stereocenters. The first-order valence-electron chi connectivity index (χ1n) is 6.32. The maximum absolute atomic E-state index is 12.3. The fourth-order valence-electron chi connectivity index (χ4n) is 2.14. The molecule has 1 aliphatic heterocycles. The number of carbonyl (C=O) groups excluding carboxylic acids is 1. The number of aliphatic carboxylic acids is 1. The van der Waals surface area contributed by atoms with E-state index in [0.29, 0.717) is 12.2 Å². The standard InChI is InChI=1S/C12H22N2O3S/c1-4-5-8(13)10(15)14-9(12(16)17)6-18-11(14)7(2)3/h7-9,11H,4-6,13H2,1-3H3,(H,16,17)/t8-,9?,11?/m0/s1. The van der Waals surface area contributed by atoms with E-state index in [2.05, 4.69) is 0 Å². The van der Waals surface area contributed by atoms with Gasteiger partial charge in [-0.2, -0.15) is 0 Å². The molecule has 1 aliphatic rings. The molecule has 0 aromatic rings. The highest BCUT2D eigenvalue weighted by Crippen LogP contribution is 2.34. The van der Waals surface area contributed by atoms with Crippen molar-refractivity contribution in [3.05, 3.63) is 0 Å². The topological polar surface area (TPSA) is 83.6 Å². The van der Waals surface area contributed by atoms with E-state index in [1.807, 2.05) is 20.8 Å². The summed E-state index contributed by atoms with van der Waals surface area (Å²) in [7, 11) is 0. The van der Waals surface area contributed by atoms with Crippen LogP contribution in [0.2, 0.25) is 0 Å². The normalized spacial score (nSPS) is 25.5. The van der Waals surface area contributed by atoms with Crippen LogP contribution in [0.5, 0.6) is 0 Å². The van der Waals surface area contributed by atoms with Gasteiger partial charge in [-0.15, -0.1) is 11.8 Å². The van der Waals surface area contributed by atoms with Gasteiger partial charge in [0.15, 0.2) is 0 Å². The van der Waals surface area contributed by atoms with Crippen LogP contribution in [-0.2, 0) is 9.59 Å². The molecule has 18 heavy (non-hydrogen) atoms. The minimum Gasteiger partial charge on any atom is -0.480 e. The van der Waals surface area contributed by atoms with Gasteiger partial charge in [0.25, 0.3) is 0 Å². The van der Waals surface area contributed by atoms with E-state index in [0.717, 1.165) is 6.42 Å². The fraction of sp³-hybridized carbons (Fsp3) is 0.833. The first-order chi connectivity index (χ1) is 8.40. The third-order valence-corrected chi connectivity index (χ3v) is 4.68. The van der Waals surface area contributed by atoms with Gasteiger partial charge in [0.2, 0.25) is 5.91 Å². The van der Waals surface area contributed by atoms with Gasteiger partial charge in [0, 0.05) is 5.75 Å². The van der Waals surface area contributed by atoms with Gasteiger partial charge in [-0.25, -0.2) is 4.79 Å². The maximum atomic E-state index is 12.3. The molecule has 0 spiro atoms. The Morgan fingerprint density at radius 1 is 1.50 bits per heavy atom. The number of rotatable bonds is 5. The molecule has 0 bridgehead atoms. The molecule has 1 fully saturated rings. The molecular weight excluding hydrogens is 252 g/mol. The Hall–Kier alpha value is -0.750. The average molecular weight is 274 g/mol. The number of nitrogens with two attached hydrogens (primary N) is 1. The van der Waals surface area contributed by atoms with E-state index >= 15 is 0 Å². The lowest BCUT2D eigenvalue weighted by molar-refractivity contribution is -0.150. The molecule has 1 saturated heterocycles. The van der Waals surface area contributed by atoms with Gasteiger partial charge in [0.05, 0.1) is 11.4 Å². The van der Waals surface area contributed by atoms with Crippen LogP contribution < -0.4 is 5.73 Å². The Balaban J connectivity index is 2.89. The highest BCUT2D eigenvalue weighted by Gasteiger charge is 2.43. The Labute approximate surface area is 112 Å². The van der Waals surface area contributed by atoms with Crippen LogP contribution in [0.3, 0.4) is 0 Å². The summed E-state index contributed by atoms with van der Waals surface area (Å²) in [6.45, 7) is 5.95. The van der Waals surface area contributed by atoms with E-state index < -0.39 is 18.1 Å². The Morgan fingerprint density at radius 2 is 2.11 bits per heavy atom. The highest BCUT2D eigenvalue weighted by molar-refractivity contribution is 8.00. The molecule has 2 unspecified atom stereocenters. The van der Waals surface area contributed by atoms with E-state index in [-0.39, 0.29) is 17.2 Å². The summed E-state index contributed by atoms with van der Waals surface area (Å²) in [6.07, 6.45) is 1.41. The van der Waals surface area contributed by atoms with Crippen LogP contribution in [0, 0.1) is 5.92 Å². The molecule has 1 rings (SSSR count). The third-order valence-electron chi connectivity index (χ3n) is 3.06. The quantitative estimate of drug-likeness (QED) is 0.785. The average Bonchev–Trinajstić information content (AvgIpc) is 2.72. The van der Waals surface area contributed by atoms with Crippen molar-refractivity contribution in [1.82, 2.24) is 4.90 Å². The van der Waals surface area contributed by atoms with Crippen molar-refractivity contribution >= 4 is 23.6 Å². The van der Waals surface area contributed by atoms with Crippen molar-refractivity contribution in [3.63, 3.8) is 0 Å². The van der Waals surface area contributed by atoms with Crippen molar-refractivity contribution < 1.29 is 14.7 Å². The van der Waals surface area contributed by atoms with Crippen molar-refractivity contribution in [2.45, 2.75) is 51.1 Å². The lowest BCUT2D eigenvalue weighted by atomic mass is 10.1. The van der Waals surface area contributed by atoms with Gasteiger partial charge < -0.3 is 15.7 Å². The lowest BCUT2D eigenvalue weighted by Gasteiger charge is -2.31. The zero-order valence-corrected chi connectivity index (χ0v) is 11.9. The molecular formula is C12H22N2O3S. The number of amides is 1. The van der Waals surface area contributed by atoms with Crippen LogP contribution in [0.1, 0.15) is 33.6 Å². The van der Waals surface area contributed by atoms with Crippen LogP contribution in [-0.4, -0.2) is 45.1 Å². The molecule has 0 radical (unpaired) electrons. The number of carboxylic acid groups (broad SMARTS) is 1. The Bertz CT molecular complexity index is 322. The van der Waals surface area contributed by atoms with Crippen molar-refractivity contribution in [2.24, 2.45) is 11.7 Å². The molecule has 3 N–H and O–H groups in total. The van der Waals surface area contributed by atoms with Crippen LogP contribution >= 0.6 is 11.8 Å². The smallest absolute Gasteiger partial charge is 0.327 e. The molecule has 0 aromatic heterocycles. The minimum absolute atomic E-state index is 0.0819. The van der Waals surface area contributed by atoms with Crippen molar-refractivity contribution in [1.29, 1.82) is 0 Å². The van der Waals surface area contributed by atoms with Crippen LogP contribution in [0.25, 0.3) is 0 Å². The molecule has 0 aliphatic carbocycles. The molecule has 6 heteroatoms. The van der Waals surface area contributed by atoms with E-state index in [1.54, 1.807) is 0 Å². The zero-order chi connectivity index (χ0) is 13.9. The largest absolute Gasteiger partial charge is 0.480 e. The second-order valence-electron chi connectivity index (χ2n) is 4.96. The predicted octanol–water partition coefficient (Wildman–Crippen LogP) is 1.12. The second-order valence-corrected chi connectivity index (χ2v) is 6.11. The fourth-order valence-corrected chi connectivity index (χ4v) is 3.62. The summed E-state index contributed by atoms with van der Waals surface area (Å²) in [5, 5.41) is 9.11. The number of thioether (sulfide) groups is 1. The zero-order valence-electron chi connectivity index (χ0n) is 11.1. The van der Waals surface area contributed by atoms with Gasteiger partial charge in [-0.3, -0.25) is 4.79 Å². The van der Waals surface area contributed by atoms with E-state index in [9.17, 15) is 14.7 Å². The Morgan fingerprint density at radius 3 is 2.56 bits per heavy atom. The maximum Gasteiger partial charge on any atom is 0.327 e. The molecule has 0 saturated carbocycles. The van der Waals surface area contributed by atoms with Gasteiger partial charge in [-0.1, -0.05) is 27.2 Å². The van der Waals surface area contributed by atoms with Gasteiger partial charge >= 0.3 is 5.97 Å². The number of nitrogens with zero attached hydrogens (tertiary/aromatic N) is 1. The number of carboxylic acids is 1. The van der Waals surface area contributed by atoms with Gasteiger partial charge in [-0.05, 0) is 12.3 Å². The monoisotopic (exact) mass is 274 g/mol. The number of hydrogen-bond donors (Lipinski definition) is 2. The van der Waals surface area contributed by atoms with Crippen LogP contribution in [0.15, 0.2) is 0 Å². The molecule has 104 valence electrons. The summed E-state index contributed by atoms with van der Waals surface area (Å²) in [4.78, 5) is 25.0. The van der Waals surface area contributed by atoms with Crippen molar-refractivity contribution in [2.75, 3.05) is 5.75 Å².